The predicted molar refractivity (Wildman–Crippen MR) is 130 cm³/mol. The molecule has 1 aromatic carbocycles. The van der Waals surface area contributed by atoms with Gasteiger partial charge in [0, 0.05) is 38.1 Å². The third-order valence-corrected chi connectivity index (χ3v) is 6.68. The van der Waals surface area contributed by atoms with Crippen molar-refractivity contribution in [3.63, 3.8) is 0 Å². The zero-order chi connectivity index (χ0) is 24.7. The number of pyridine rings is 1. The molecule has 1 atom stereocenters. The zero-order valence-electron chi connectivity index (χ0n) is 20.2. The third kappa shape index (κ3) is 4.24. The molecule has 2 aromatic rings. The van der Waals surface area contributed by atoms with E-state index in [0.717, 1.165) is 16.9 Å². The Hall–Kier alpha value is -3.82. The Bertz CT molecular complexity index is 1180. The van der Waals surface area contributed by atoms with Crippen LogP contribution in [-0.2, 0) is 9.47 Å². The van der Waals surface area contributed by atoms with E-state index in [1.54, 1.807) is 23.1 Å². The largest absolute Gasteiger partial charge is 0.447 e. The lowest BCUT2D eigenvalue weighted by molar-refractivity contribution is 0.0747. The number of nitrogens with zero attached hydrogens (tertiary/aromatic N) is 5. The number of cyclic esters (lactones) is 2. The molecule has 3 aliphatic rings. The molecule has 0 saturated carbocycles. The molecule has 0 spiro atoms. The summed E-state index contributed by atoms with van der Waals surface area (Å²) in [5.74, 6) is 0.788. The van der Waals surface area contributed by atoms with Gasteiger partial charge in [-0.1, -0.05) is 6.07 Å². The molecule has 10 heteroatoms. The van der Waals surface area contributed by atoms with Gasteiger partial charge in [-0.15, -0.1) is 0 Å². The molecule has 4 heterocycles. The molecule has 3 aliphatic heterocycles. The Balaban J connectivity index is 1.39. The molecular formula is C25H29N5O5. The molecule has 0 aliphatic carbocycles. The number of benzene rings is 1. The molecule has 10 nitrogen and oxygen atoms in total. The summed E-state index contributed by atoms with van der Waals surface area (Å²) in [5, 5.41) is 0. The lowest BCUT2D eigenvalue weighted by atomic mass is 10.1. The van der Waals surface area contributed by atoms with Gasteiger partial charge in [0.2, 0.25) is 0 Å². The number of piperazine rings is 1. The van der Waals surface area contributed by atoms with E-state index in [0.29, 0.717) is 56.3 Å². The molecule has 35 heavy (non-hydrogen) atoms. The van der Waals surface area contributed by atoms with E-state index in [1.165, 1.54) is 9.80 Å². The highest BCUT2D eigenvalue weighted by Gasteiger charge is 2.35. The van der Waals surface area contributed by atoms with Crippen molar-refractivity contribution in [2.75, 3.05) is 60.6 Å². The van der Waals surface area contributed by atoms with Crippen molar-refractivity contribution >= 4 is 35.3 Å². The second-order valence-corrected chi connectivity index (χ2v) is 9.20. The number of anilines is 3. The summed E-state index contributed by atoms with van der Waals surface area (Å²) in [4.78, 5) is 49.8. The monoisotopic (exact) mass is 479 g/mol. The van der Waals surface area contributed by atoms with Crippen molar-refractivity contribution in [2.45, 2.75) is 26.8 Å². The van der Waals surface area contributed by atoms with Gasteiger partial charge < -0.3 is 19.3 Å². The van der Waals surface area contributed by atoms with E-state index in [1.807, 2.05) is 27.0 Å². The van der Waals surface area contributed by atoms with Crippen LogP contribution in [0.15, 0.2) is 30.5 Å². The van der Waals surface area contributed by atoms with Crippen LogP contribution in [0.1, 0.15) is 28.4 Å². The Morgan fingerprint density at radius 3 is 2.40 bits per heavy atom. The van der Waals surface area contributed by atoms with Crippen LogP contribution in [0.2, 0.25) is 0 Å². The van der Waals surface area contributed by atoms with Crippen LogP contribution < -0.4 is 14.7 Å². The van der Waals surface area contributed by atoms with Gasteiger partial charge in [0.15, 0.2) is 0 Å². The lowest BCUT2D eigenvalue weighted by Crippen LogP contribution is -2.49. The number of hydrogen-bond donors (Lipinski definition) is 0. The van der Waals surface area contributed by atoms with E-state index < -0.39 is 12.2 Å². The van der Waals surface area contributed by atoms with Gasteiger partial charge in [-0.05, 0) is 50.1 Å². The van der Waals surface area contributed by atoms with Crippen molar-refractivity contribution in [3.8, 4) is 0 Å². The maximum Gasteiger partial charge on any atom is 0.414 e. The number of aryl methyl sites for hydroxylation is 2. The van der Waals surface area contributed by atoms with Crippen LogP contribution in [0.25, 0.3) is 0 Å². The summed E-state index contributed by atoms with van der Waals surface area (Å²) < 4.78 is 10.3. The predicted octanol–water partition coefficient (Wildman–Crippen LogP) is 2.96. The number of carbonyl (C=O) groups is 3. The molecule has 0 bridgehead atoms. The summed E-state index contributed by atoms with van der Waals surface area (Å²) in [7, 11) is 0. The number of carbonyl (C=O) groups excluding carboxylic acids is 3. The van der Waals surface area contributed by atoms with Crippen LogP contribution in [-0.4, -0.2) is 80.0 Å². The fraction of sp³-hybridized carbons (Fsp3) is 0.440. The second kappa shape index (κ2) is 9.09. The minimum Gasteiger partial charge on any atom is -0.447 e. The van der Waals surface area contributed by atoms with Crippen molar-refractivity contribution in [1.82, 2.24) is 9.88 Å². The van der Waals surface area contributed by atoms with Crippen molar-refractivity contribution in [2.24, 2.45) is 0 Å². The molecule has 0 unspecified atom stereocenters. The minimum atomic E-state index is -0.501. The lowest BCUT2D eigenvalue weighted by Gasteiger charge is -2.36. The summed E-state index contributed by atoms with van der Waals surface area (Å²) >= 11 is 0. The molecule has 184 valence electrons. The van der Waals surface area contributed by atoms with Crippen LogP contribution in [0.5, 0.6) is 0 Å². The maximum atomic E-state index is 13.6. The highest BCUT2D eigenvalue weighted by atomic mass is 16.6. The van der Waals surface area contributed by atoms with Gasteiger partial charge in [0.25, 0.3) is 5.91 Å². The average molecular weight is 480 g/mol. The first kappa shape index (κ1) is 22.9. The minimum absolute atomic E-state index is 0.144. The van der Waals surface area contributed by atoms with E-state index in [2.05, 4.69) is 16.0 Å². The van der Waals surface area contributed by atoms with Gasteiger partial charge in [0.1, 0.15) is 19.0 Å². The number of hydrogen-bond acceptors (Lipinski definition) is 7. The highest BCUT2D eigenvalue weighted by Crippen LogP contribution is 2.33. The van der Waals surface area contributed by atoms with Crippen molar-refractivity contribution < 1.29 is 23.9 Å². The van der Waals surface area contributed by atoms with Crippen LogP contribution >= 0.6 is 0 Å². The quantitative estimate of drug-likeness (QED) is 0.665. The van der Waals surface area contributed by atoms with Gasteiger partial charge in [-0.3, -0.25) is 14.6 Å². The third-order valence-electron chi connectivity index (χ3n) is 6.68. The molecule has 1 aromatic heterocycles. The molecule has 0 N–H and O–H groups in total. The van der Waals surface area contributed by atoms with E-state index >= 15 is 0 Å². The molecule has 3 saturated heterocycles. The van der Waals surface area contributed by atoms with Gasteiger partial charge in [-0.2, -0.15) is 0 Å². The van der Waals surface area contributed by atoms with Crippen LogP contribution in [0.3, 0.4) is 0 Å². The van der Waals surface area contributed by atoms with Crippen LogP contribution in [0, 0.1) is 13.8 Å². The second-order valence-electron chi connectivity index (χ2n) is 9.20. The Morgan fingerprint density at radius 2 is 1.77 bits per heavy atom. The molecule has 5 rings (SSSR count). The fourth-order valence-corrected chi connectivity index (χ4v) is 4.89. The first-order chi connectivity index (χ1) is 16.8. The summed E-state index contributed by atoms with van der Waals surface area (Å²) in [6, 6.07) is 7.10. The molecule has 3 fully saturated rings. The Morgan fingerprint density at radius 1 is 1.00 bits per heavy atom. The van der Waals surface area contributed by atoms with Crippen molar-refractivity contribution in [3.05, 3.63) is 47.2 Å². The topological polar surface area (TPSA) is 95.5 Å². The van der Waals surface area contributed by atoms with Gasteiger partial charge in [-0.25, -0.2) is 14.6 Å². The first-order valence-corrected chi connectivity index (χ1v) is 11.9. The molecule has 3 amide bonds. The van der Waals surface area contributed by atoms with Gasteiger partial charge >= 0.3 is 12.2 Å². The SMILES string of the molecule is Cc1cnc(N2CCN(C(=O)c3ccc(N4C(=O)OC[C@H]4C)cc3N3CCOC3=O)CC2)c(C)c1. The Kier molecular flexibility index (Phi) is 5.96. The summed E-state index contributed by atoms with van der Waals surface area (Å²) in [5.41, 5.74) is 3.67. The van der Waals surface area contributed by atoms with E-state index in [4.69, 9.17) is 9.47 Å². The Labute approximate surface area is 204 Å². The standard InChI is InChI=1S/C25H29N5O5/c1-16-12-17(2)22(26-14-16)27-6-8-28(9-7-27)23(31)20-5-4-19(30-18(3)15-35-25(30)33)13-21(20)29-10-11-34-24(29)32/h4-5,12-14,18H,6-11,15H2,1-3H3/t18-/m1/s1. The normalized spacial score (nSPS) is 20.4. The number of amides is 3. The van der Waals surface area contributed by atoms with E-state index in [9.17, 15) is 14.4 Å². The average Bonchev–Trinajstić information content (AvgIpc) is 3.42. The van der Waals surface area contributed by atoms with E-state index in [-0.39, 0.29) is 18.6 Å². The molecular weight excluding hydrogens is 450 g/mol. The number of aromatic nitrogens is 1. The van der Waals surface area contributed by atoms with Crippen molar-refractivity contribution in [1.29, 1.82) is 0 Å². The molecule has 0 radical (unpaired) electrons. The highest BCUT2D eigenvalue weighted by molar-refractivity contribution is 6.05. The number of rotatable bonds is 4. The first-order valence-electron chi connectivity index (χ1n) is 11.9. The smallest absolute Gasteiger partial charge is 0.414 e. The fourth-order valence-electron chi connectivity index (χ4n) is 4.89. The summed E-state index contributed by atoms with van der Waals surface area (Å²) in [6.07, 6.45) is 0.918. The van der Waals surface area contributed by atoms with Gasteiger partial charge in [0.05, 0.1) is 23.8 Å². The van der Waals surface area contributed by atoms with Crippen LogP contribution in [0.4, 0.5) is 26.8 Å². The number of ether oxygens (including phenoxy) is 2. The maximum absolute atomic E-state index is 13.6. The summed E-state index contributed by atoms with van der Waals surface area (Å²) in [6.45, 7) is 9.24. The zero-order valence-corrected chi connectivity index (χ0v) is 20.2.